The Hall–Kier alpha value is -2.60. The molecule has 1 aliphatic heterocycles. The monoisotopic (exact) mass is 323 g/mol. The van der Waals surface area contributed by atoms with Crippen LogP contribution in [0.5, 0.6) is 0 Å². The van der Waals surface area contributed by atoms with Gasteiger partial charge in [0.15, 0.2) is 0 Å². The number of nitrogens with zero attached hydrogens (tertiary/aromatic N) is 4. The van der Waals surface area contributed by atoms with Gasteiger partial charge in [0.05, 0.1) is 11.9 Å². The third-order valence-electron chi connectivity index (χ3n) is 4.71. The number of amides is 1. The fourth-order valence-corrected chi connectivity index (χ4v) is 3.27. The van der Waals surface area contributed by atoms with Crippen LogP contribution in [0.4, 0.5) is 0 Å². The number of benzene rings is 1. The minimum absolute atomic E-state index is 0.127. The maximum Gasteiger partial charge on any atom is 0.256 e. The largest absolute Gasteiger partial charge is 0.360 e. The van der Waals surface area contributed by atoms with Crippen LogP contribution in [0, 0.1) is 0 Å². The van der Waals surface area contributed by atoms with Gasteiger partial charge in [-0.2, -0.15) is 0 Å². The van der Waals surface area contributed by atoms with Crippen molar-refractivity contribution in [2.24, 2.45) is 0 Å². The van der Waals surface area contributed by atoms with Gasteiger partial charge in [0.25, 0.3) is 5.91 Å². The minimum Gasteiger partial charge on any atom is -0.360 e. The number of hydrogen-bond donors (Lipinski definition) is 1. The van der Waals surface area contributed by atoms with Crippen LogP contribution in [-0.2, 0) is 6.54 Å². The molecule has 1 N–H and O–H groups in total. The molecular weight excluding hydrogens is 302 g/mol. The number of para-hydroxylation sites is 1. The van der Waals surface area contributed by atoms with Crippen LogP contribution in [0.2, 0.25) is 0 Å². The highest BCUT2D eigenvalue weighted by Gasteiger charge is 2.23. The summed E-state index contributed by atoms with van der Waals surface area (Å²) < 4.78 is 2.09. The van der Waals surface area contributed by atoms with Gasteiger partial charge in [0, 0.05) is 68.8 Å². The molecule has 1 amide bonds. The van der Waals surface area contributed by atoms with Crippen molar-refractivity contribution in [1.29, 1.82) is 0 Å². The Morgan fingerprint density at radius 1 is 1.12 bits per heavy atom. The molecular formula is C18H21N5O. The number of carbonyl (C=O) groups is 1. The molecule has 1 aromatic carbocycles. The maximum atomic E-state index is 12.8. The van der Waals surface area contributed by atoms with E-state index in [4.69, 9.17) is 0 Å². The van der Waals surface area contributed by atoms with E-state index in [1.54, 1.807) is 6.20 Å². The first-order chi connectivity index (χ1) is 11.8. The highest BCUT2D eigenvalue weighted by atomic mass is 16.2. The van der Waals surface area contributed by atoms with E-state index in [1.807, 2.05) is 47.9 Å². The van der Waals surface area contributed by atoms with Crippen LogP contribution in [0.15, 0.2) is 49.2 Å². The fraction of sp³-hybridized carbons (Fsp3) is 0.333. The topological polar surface area (TPSA) is 57.2 Å². The van der Waals surface area contributed by atoms with Gasteiger partial charge < -0.3 is 14.5 Å². The molecule has 3 heterocycles. The lowest BCUT2D eigenvalue weighted by Gasteiger charge is -2.34. The molecule has 0 aliphatic carbocycles. The number of rotatable bonds is 4. The first kappa shape index (κ1) is 15.0. The van der Waals surface area contributed by atoms with Gasteiger partial charge >= 0.3 is 0 Å². The van der Waals surface area contributed by atoms with E-state index < -0.39 is 0 Å². The standard InChI is InChI=1S/C18H21N5O/c24-18(16-13-20-17-4-2-1-3-15(16)17)23-11-9-21(10-12-23)7-8-22-6-5-19-14-22/h1-6,13-14,20H,7-12H2. The molecule has 6 heteroatoms. The van der Waals surface area contributed by atoms with Crippen molar-refractivity contribution < 1.29 is 4.79 Å². The highest BCUT2D eigenvalue weighted by molar-refractivity contribution is 6.06. The summed E-state index contributed by atoms with van der Waals surface area (Å²) >= 11 is 0. The molecule has 0 radical (unpaired) electrons. The Labute approximate surface area is 140 Å². The summed E-state index contributed by atoms with van der Waals surface area (Å²) in [4.78, 5) is 24.4. The second kappa shape index (κ2) is 6.49. The second-order valence-electron chi connectivity index (χ2n) is 6.18. The lowest BCUT2D eigenvalue weighted by atomic mass is 10.1. The molecule has 2 aromatic heterocycles. The number of aromatic amines is 1. The van der Waals surface area contributed by atoms with Gasteiger partial charge in [-0.25, -0.2) is 4.98 Å². The van der Waals surface area contributed by atoms with Gasteiger partial charge in [-0.05, 0) is 6.07 Å². The van der Waals surface area contributed by atoms with Crippen LogP contribution >= 0.6 is 0 Å². The molecule has 0 atom stereocenters. The molecule has 1 fully saturated rings. The number of carbonyl (C=O) groups excluding carboxylic acids is 1. The van der Waals surface area contributed by atoms with E-state index >= 15 is 0 Å². The van der Waals surface area contributed by atoms with E-state index in [-0.39, 0.29) is 5.91 Å². The van der Waals surface area contributed by atoms with E-state index in [0.29, 0.717) is 0 Å². The maximum absolute atomic E-state index is 12.8. The Morgan fingerprint density at radius 2 is 1.96 bits per heavy atom. The average molecular weight is 323 g/mol. The third kappa shape index (κ3) is 2.92. The van der Waals surface area contributed by atoms with E-state index in [2.05, 4.69) is 19.4 Å². The SMILES string of the molecule is O=C(c1c[nH]c2ccccc12)N1CCN(CCn2ccnc2)CC1. The predicted molar refractivity (Wildman–Crippen MR) is 92.9 cm³/mol. The Morgan fingerprint density at radius 3 is 2.75 bits per heavy atom. The number of imidazole rings is 1. The lowest BCUT2D eigenvalue weighted by Crippen LogP contribution is -2.49. The number of nitrogens with one attached hydrogen (secondary N) is 1. The molecule has 3 aromatic rings. The van der Waals surface area contributed by atoms with Crippen LogP contribution in [-0.4, -0.2) is 63.0 Å². The van der Waals surface area contributed by atoms with Gasteiger partial charge in [0.1, 0.15) is 0 Å². The van der Waals surface area contributed by atoms with E-state index in [1.165, 1.54) is 0 Å². The molecule has 6 nitrogen and oxygen atoms in total. The molecule has 0 bridgehead atoms. The van der Waals surface area contributed by atoms with Gasteiger partial charge in [-0.3, -0.25) is 9.69 Å². The van der Waals surface area contributed by atoms with Crippen LogP contribution in [0.1, 0.15) is 10.4 Å². The molecule has 4 rings (SSSR count). The first-order valence-corrected chi connectivity index (χ1v) is 8.35. The van der Waals surface area contributed by atoms with E-state index in [0.717, 1.165) is 55.7 Å². The zero-order valence-electron chi connectivity index (χ0n) is 13.6. The average Bonchev–Trinajstić information content (AvgIpc) is 3.29. The zero-order valence-corrected chi connectivity index (χ0v) is 13.6. The Kier molecular flexibility index (Phi) is 4.04. The van der Waals surface area contributed by atoms with Crippen molar-refractivity contribution in [3.8, 4) is 0 Å². The summed E-state index contributed by atoms with van der Waals surface area (Å²) in [7, 11) is 0. The van der Waals surface area contributed by atoms with Crippen molar-refractivity contribution in [3.05, 3.63) is 54.7 Å². The fourth-order valence-electron chi connectivity index (χ4n) is 3.27. The smallest absolute Gasteiger partial charge is 0.256 e. The summed E-state index contributed by atoms with van der Waals surface area (Å²) in [5.74, 6) is 0.127. The van der Waals surface area contributed by atoms with Crippen LogP contribution in [0.3, 0.4) is 0 Å². The summed E-state index contributed by atoms with van der Waals surface area (Å²) in [6.07, 6.45) is 7.46. The molecule has 24 heavy (non-hydrogen) atoms. The zero-order chi connectivity index (χ0) is 16.4. The van der Waals surface area contributed by atoms with Crippen LogP contribution < -0.4 is 0 Å². The number of aromatic nitrogens is 3. The number of fused-ring (bicyclic) bond motifs is 1. The quantitative estimate of drug-likeness (QED) is 0.797. The van der Waals surface area contributed by atoms with Gasteiger partial charge in [-0.1, -0.05) is 18.2 Å². The molecule has 1 aliphatic rings. The summed E-state index contributed by atoms with van der Waals surface area (Å²) in [6.45, 7) is 5.33. The highest BCUT2D eigenvalue weighted by Crippen LogP contribution is 2.20. The van der Waals surface area contributed by atoms with E-state index in [9.17, 15) is 4.79 Å². The van der Waals surface area contributed by atoms with Crippen LogP contribution in [0.25, 0.3) is 10.9 Å². The molecule has 124 valence electrons. The lowest BCUT2D eigenvalue weighted by molar-refractivity contribution is 0.0635. The Balaban J connectivity index is 1.36. The number of hydrogen-bond acceptors (Lipinski definition) is 3. The van der Waals surface area contributed by atoms with Crippen molar-refractivity contribution in [3.63, 3.8) is 0 Å². The molecule has 0 saturated carbocycles. The van der Waals surface area contributed by atoms with Crippen molar-refractivity contribution in [2.75, 3.05) is 32.7 Å². The molecule has 0 unspecified atom stereocenters. The predicted octanol–water partition coefficient (Wildman–Crippen LogP) is 1.82. The normalized spacial score (nSPS) is 15.9. The first-order valence-electron chi connectivity index (χ1n) is 8.35. The molecule has 0 spiro atoms. The minimum atomic E-state index is 0.127. The van der Waals surface area contributed by atoms with Crippen molar-refractivity contribution in [1.82, 2.24) is 24.3 Å². The second-order valence-corrected chi connectivity index (χ2v) is 6.18. The Bertz CT molecular complexity index is 815. The molecule has 1 saturated heterocycles. The third-order valence-corrected chi connectivity index (χ3v) is 4.71. The van der Waals surface area contributed by atoms with Gasteiger partial charge in [-0.15, -0.1) is 0 Å². The number of piperazine rings is 1. The van der Waals surface area contributed by atoms with Crippen molar-refractivity contribution in [2.45, 2.75) is 6.54 Å². The summed E-state index contributed by atoms with van der Waals surface area (Å²) in [5.41, 5.74) is 1.79. The number of H-pyrrole nitrogens is 1. The summed E-state index contributed by atoms with van der Waals surface area (Å²) in [6, 6.07) is 7.95. The summed E-state index contributed by atoms with van der Waals surface area (Å²) in [5, 5.41) is 1.00. The van der Waals surface area contributed by atoms with Gasteiger partial charge in [0.2, 0.25) is 0 Å². The van der Waals surface area contributed by atoms with Crippen molar-refractivity contribution >= 4 is 16.8 Å².